The van der Waals surface area contributed by atoms with Crippen molar-refractivity contribution in [2.24, 2.45) is 0 Å². The van der Waals surface area contributed by atoms with Gasteiger partial charge in [-0.15, -0.1) is 18.2 Å². The summed E-state index contributed by atoms with van der Waals surface area (Å²) in [7, 11) is 0. The molecule has 42 heavy (non-hydrogen) atoms. The first-order valence-electron chi connectivity index (χ1n) is 13.9. The first kappa shape index (κ1) is 31.0. The molecule has 1 radical (unpaired) electrons. The number of hydrogen-bond donors (Lipinski definition) is 1. The van der Waals surface area contributed by atoms with E-state index in [0.717, 1.165) is 49.9 Å². The van der Waals surface area contributed by atoms with Crippen LogP contribution in [0.3, 0.4) is 0 Å². The SMILES string of the molecule is CC(=O)/C=C(/C)O.CC(C)c1cccc(C(C)C)c1-c1cc2cc(-c3[c-]ccc4c3oc3ccccc34)ncc2o1.[Ir]. The van der Waals surface area contributed by atoms with E-state index in [1.165, 1.54) is 36.6 Å². The number of benzene rings is 3. The van der Waals surface area contributed by atoms with Gasteiger partial charge in [-0.1, -0.05) is 81.1 Å². The van der Waals surface area contributed by atoms with Crippen molar-refractivity contribution in [3.63, 3.8) is 0 Å². The van der Waals surface area contributed by atoms with Crippen LogP contribution in [0.1, 0.15) is 64.5 Å². The molecule has 3 aromatic carbocycles. The molecule has 0 atom stereocenters. The van der Waals surface area contributed by atoms with Gasteiger partial charge in [-0.05, 0) is 54.6 Å². The van der Waals surface area contributed by atoms with Crippen LogP contribution in [-0.2, 0) is 24.9 Å². The number of nitrogens with zero attached hydrogens (tertiary/aromatic N) is 1. The van der Waals surface area contributed by atoms with E-state index in [1.54, 1.807) is 0 Å². The molecule has 0 unspecified atom stereocenters. The Hall–Kier alpha value is -3.99. The number of ketones is 1. The summed E-state index contributed by atoms with van der Waals surface area (Å²) in [6.07, 6.45) is 2.98. The zero-order chi connectivity index (χ0) is 29.3. The summed E-state index contributed by atoms with van der Waals surface area (Å²) in [6, 6.07) is 26.2. The molecule has 6 heteroatoms. The Morgan fingerprint density at radius 2 is 1.57 bits per heavy atom. The van der Waals surface area contributed by atoms with Gasteiger partial charge in [0.25, 0.3) is 0 Å². The Bertz CT molecular complexity index is 1880. The van der Waals surface area contributed by atoms with E-state index >= 15 is 0 Å². The topological polar surface area (TPSA) is 76.5 Å². The number of furan rings is 2. The molecule has 0 aliphatic rings. The third kappa shape index (κ3) is 6.25. The van der Waals surface area contributed by atoms with Gasteiger partial charge in [0.1, 0.15) is 11.3 Å². The first-order valence-corrected chi connectivity index (χ1v) is 13.9. The molecule has 6 aromatic rings. The molecular weight excluding hydrogens is 703 g/mol. The second kappa shape index (κ2) is 12.9. The molecule has 0 saturated heterocycles. The third-order valence-electron chi connectivity index (χ3n) is 7.03. The Morgan fingerprint density at radius 3 is 2.19 bits per heavy atom. The smallest absolute Gasteiger partial charge is 0.155 e. The van der Waals surface area contributed by atoms with E-state index in [1.807, 2.05) is 30.5 Å². The molecule has 0 amide bonds. The van der Waals surface area contributed by atoms with E-state index in [-0.39, 0.29) is 31.6 Å². The van der Waals surface area contributed by atoms with Crippen molar-refractivity contribution in [2.75, 3.05) is 0 Å². The molecule has 0 saturated carbocycles. The third-order valence-corrected chi connectivity index (χ3v) is 7.03. The van der Waals surface area contributed by atoms with Crippen LogP contribution in [0.2, 0.25) is 0 Å². The van der Waals surface area contributed by atoms with Gasteiger partial charge in [0.05, 0.1) is 17.5 Å². The van der Waals surface area contributed by atoms with Crippen LogP contribution in [0.4, 0.5) is 0 Å². The van der Waals surface area contributed by atoms with E-state index in [4.69, 9.17) is 18.9 Å². The van der Waals surface area contributed by atoms with E-state index in [0.29, 0.717) is 11.8 Å². The van der Waals surface area contributed by atoms with E-state index < -0.39 is 0 Å². The maximum atomic E-state index is 10.0. The number of aliphatic hydroxyl groups is 1. The molecule has 217 valence electrons. The van der Waals surface area contributed by atoms with Crippen molar-refractivity contribution in [3.8, 4) is 22.6 Å². The van der Waals surface area contributed by atoms with Gasteiger partial charge in [0.2, 0.25) is 0 Å². The number of carbonyl (C=O) groups is 1. The van der Waals surface area contributed by atoms with Crippen molar-refractivity contribution in [3.05, 3.63) is 102 Å². The number of para-hydroxylation sites is 1. The zero-order valence-electron chi connectivity index (χ0n) is 24.6. The number of fused-ring (bicyclic) bond motifs is 4. The van der Waals surface area contributed by atoms with Crippen molar-refractivity contribution in [1.29, 1.82) is 0 Å². The number of carbonyl (C=O) groups excluding carboxylic acids is 1. The number of pyridine rings is 1. The molecule has 0 aliphatic heterocycles. The molecule has 1 N–H and O–H groups in total. The van der Waals surface area contributed by atoms with E-state index in [9.17, 15) is 4.79 Å². The van der Waals surface area contributed by atoms with Gasteiger partial charge in [-0.25, -0.2) is 0 Å². The maximum Gasteiger partial charge on any atom is 0.155 e. The van der Waals surface area contributed by atoms with E-state index in [2.05, 4.69) is 76.2 Å². The fraction of sp³-hybridized carbons (Fsp3) is 0.222. The van der Waals surface area contributed by atoms with Gasteiger partial charge in [0.15, 0.2) is 11.4 Å². The van der Waals surface area contributed by atoms with Crippen LogP contribution < -0.4 is 0 Å². The van der Waals surface area contributed by atoms with Crippen LogP contribution in [0, 0.1) is 6.07 Å². The number of aromatic nitrogens is 1. The van der Waals surface area contributed by atoms with Crippen molar-refractivity contribution in [1.82, 2.24) is 4.98 Å². The summed E-state index contributed by atoms with van der Waals surface area (Å²) < 4.78 is 12.6. The van der Waals surface area contributed by atoms with Gasteiger partial charge < -0.3 is 18.9 Å². The molecule has 0 aliphatic carbocycles. The number of aliphatic hydroxyl groups excluding tert-OH is 1. The Balaban J connectivity index is 0.000000454. The van der Waals surface area contributed by atoms with Crippen LogP contribution in [-0.4, -0.2) is 15.9 Å². The summed E-state index contributed by atoms with van der Waals surface area (Å²) >= 11 is 0. The minimum atomic E-state index is -0.125. The second-order valence-corrected chi connectivity index (χ2v) is 10.9. The molecule has 0 bridgehead atoms. The number of allylic oxidation sites excluding steroid dienone is 2. The van der Waals surface area contributed by atoms with Crippen LogP contribution in [0.5, 0.6) is 0 Å². The molecule has 5 nitrogen and oxygen atoms in total. The first-order chi connectivity index (χ1) is 19.6. The zero-order valence-corrected chi connectivity index (χ0v) is 27.0. The van der Waals surface area contributed by atoms with Gasteiger partial charge in [-0.2, -0.15) is 0 Å². The molecular formula is C36H34IrNO4-. The van der Waals surface area contributed by atoms with Gasteiger partial charge in [-0.3, -0.25) is 4.79 Å². The fourth-order valence-electron chi connectivity index (χ4n) is 5.22. The number of hydrogen-bond acceptors (Lipinski definition) is 5. The molecule has 6 rings (SSSR count). The minimum absolute atomic E-state index is 0. The normalized spacial score (nSPS) is 11.7. The van der Waals surface area contributed by atoms with Crippen LogP contribution in [0.25, 0.3) is 55.5 Å². The molecule has 3 heterocycles. The largest absolute Gasteiger partial charge is 0.512 e. The Morgan fingerprint density at radius 1 is 0.881 bits per heavy atom. The molecule has 0 fully saturated rings. The maximum absolute atomic E-state index is 10.0. The van der Waals surface area contributed by atoms with Crippen molar-refractivity contribution >= 4 is 38.7 Å². The van der Waals surface area contributed by atoms with Crippen LogP contribution >= 0.6 is 0 Å². The summed E-state index contributed by atoms with van der Waals surface area (Å²) in [6.45, 7) is 11.8. The summed E-state index contributed by atoms with van der Waals surface area (Å²) in [5.74, 6) is 1.63. The quantitative estimate of drug-likeness (QED) is 0.108. The van der Waals surface area contributed by atoms with Crippen molar-refractivity contribution in [2.45, 2.75) is 53.4 Å². The standard InChI is InChI=1S/C31H26NO2.C5H8O2.Ir/c1-18(2)21-10-7-11-22(19(3)4)30(21)28-16-20-15-26(32-17-29(20)33-28)25-13-8-12-24-23-9-5-6-14-27(23)34-31(24)25;1-4(6)3-5(2)7;/h5-12,14-19H,1-4H3;3,6H,1-2H3;/q-1;;/b;4-3-;. The summed E-state index contributed by atoms with van der Waals surface area (Å²) in [5.41, 5.74) is 7.97. The summed E-state index contributed by atoms with van der Waals surface area (Å²) in [5, 5.41) is 11.6. The average molecular weight is 737 g/mol. The average Bonchev–Trinajstić information content (AvgIpc) is 3.53. The minimum Gasteiger partial charge on any atom is -0.512 e. The van der Waals surface area contributed by atoms with Gasteiger partial charge in [0, 0.05) is 42.5 Å². The fourth-order valence-corrected chi connectivity index (χ4v) is 5.22. The Labute approximate surface area is 259 Å². The number of rotatable bonds is 5. The summed E-state index contributed by atoms with van der Waals surface area (Å²) in [4.78, 5) is 14.8. The molecule has 0 spiro atoms. The van der Waals surface area contributed by atoms with Crippen molar-refractivity contribution < 1.29 is 38.8 Å². The van der Waals surface area contributed by atoms with Gasteiger partial charge >= 0.3 is 0 Å². The predicted octanol–water partition coefficient (Wildman–Crippen LogP) is 10.1. The van der Waals surface area contributed by atoms with Crippen LogP contribution in [0.15, 0.2) is 93.6 Å². The molecule has 3 aromatic heterocycles. The Kier molecular flexibility index (Phi) is 9.50. The second-order valence-electron chi connectivity index (χ2n) is 10.9. The monoisotopic (exact) mass is 737 g/mol. The predicted molar refractivity (Wildman–Crippen MR) is 166 cm³/mol.